The van der Waals surface area contributed by atoms with Gasteiger partial charge in [-0.25, -0.2) is 0 Å². The van der Waals surface area contributed by atoms with Gasteiger partial charge in [0.1, 0.15) is 0 Å². The monoisotopic (exact) mass is 317 g/mol. The van der Waals surface area contributed by atoms with Crippen LogP contribution in [0.15, 0.2) is 66.9 Å². The van der Waals surface area contributed by atoms with E-state index in [-0.39, 0.29) is 0 Å². The first-order chi connectivity index (χ1) is 10.9. The Morgan fingerprint density at radius 3 is 2.09 bits per heavy atom. The van der Waals surface area contributed by atoms with Crippen LogP contribution in [0.2, 0.25) is 19.6 Å². The van der Waals surface area contributed by atoms with Crippen LogP contribution in [0.5, 0.6) is 0 Å². The van der Waals surface area contributed by atoms with Crippen molar-refractivity contribution in [2.75, 3.05) is 0 Å². The predicted molar refractivity (Wildman–Crippen MR) is 103 cm³/mol. The van der Waals surface area contributed by atoms with Crippen LogP contribution in [0, 0.1) is 6.92 Å². The lowest BCUT2D eigenvalue weighted by atomic mass is 10.0. The molecule has 0 bridgehead atoms. The van der Waals surface area contributed by atoms with Crippen LogP contribution in [0.25, 0.3) is 22.4 Å². The fraction of sp³-hybridized carbons (Fsp3) is 0.190. The molecular formula is C21H23NSi. The minimum atomic E-state index is -1.28. The molecule has 0 atom stereocenters. The molecule has 0 aliphatic heterocycles. The van der Waals surface area contributed by atoms with Gasteiger partial charge in [0.2, 0.25) is 0 Å². The minimum Gasteiger partial charge on any atom is -0.256 e. The Bertz CT molecular complexity index is 814. The Morgan fingerprint density at radius 2 is 1.43 bits per heavy atom. The zero-order valence-corrected chi connectivity index (χ0v) is 15.3. The highest BCUT2D eigenvalue weighted by Crippen LogP contribution is 2.24. The summed E-state index contributed by atoms with van der Waals surface area (Å²) < 4.78 is 0. The van der Waals surface area contributed by atoms with Crippen LogP contribution >= 0.6 is 0 Å². The summed E-state index contributed by atoms with van der Waals surface area (Å²) in [4.78, 5) is 4.46. The number of nitrogens with zero attached hydrogens (tertiary/aromatic N) is 1. The molecule has 3 rings (SSSR count). The molecule has 0 N–H and O–H groups in total. The molecule has 3 aromatic rings. The maximum atomic E-state index is 4.46. The van der Waals surface area contributed by atoms with Gasteiger partial charge in [-0.15, -0.1) is 0 Å². The summed E-state index contributed by atoms with van der Waals surface area (Å²) in [7, 11) is -1.28. The smallest absolute Gasteiger partial charge is 0.0776 e. The number of benzene rings is 2. The average Bonchev–Trinajstić information content (AvgIpc) is 2.54. The number of rotatable bonds is 3. The summed E-state index contributed by atoms with van der Waals surface area (Å²) in [6.45, 7) is 9.26. The first kappa shape index (κ1) is 15.7. The SMILES string of the molecule is Cc1ccnc(-c2ccc(-c3cccc([Si](C)(C)C)c3)cc2)c1. The van der Waals surface area contributed by atoms with E-state index in [9.17, 15) is 0 Å². The van der Waals surface area contributed by atoms with Crippen molar-refractivity contribution in [3.05, 3.63) is 72.4 Å². The van der Waals surface area contributed by atoms with Crippen LogP contribution in [-0.4, -0.2) is 13.1 Å². The zero-order chi connectivity index (χ0) is 16.4. The summed E-state index contributed by atoms with van der Waals surface area (Å²) in [5.74, 6) is 0. The van der Waals surface area contributed by atoms with Gasteiger partial charge in [-0.1, -0.05) is 73.4 Å². The Morgan fingerprint density at radius 1 is 0.739 bits per heavy atom. The van der Waals surface area contributed by atoms with Crippen LogP contribution in [-0.2, 0) is 0 Å². The van der Waals surface area contributed by atoms with E-state index in [0.29, 0.717) is 0 Å². The number of aromatic nitrogens is 1. The van der Waals surface area contributed by atoms with Crippen LogP contribution in [0.3, 0.4) is 0 Å². The molecular weight excluding hydrogens is 294 g/mol. The second-order valence-corrected chi connectivity index (χ2v) is 12.2. The third-order valence-corrected chi connectivity index (χ3v) is 6.20. The number of hydrogen-bond acceptors (Lipinski definition) is 1. The van der Waals surface area contributed by atoms with Crippen molar-refractivity contribution < 1.29 is 0 Å². The fourth-order valence-corrected chi connectivity index (χ4v) is 3.88. The van der Waals surface area contributed by atoms with Gasteiger partial charge in [-0.3, -0.25) is 4.98 Å². The summed E-state index contributed by atoms with van der Waals surface area (Å²) >= 11 is 0. The van der Waals surface area contributed by atoms with Crippen molar-refractivity contribution in [2.45, 2.75) is 26.6 Å². The average molecular weight is 318 g/mol. The molecule has 0 radical (unpaired) electrons. The third-order valence-electron chi connectivity index (χ3n) is 4.16. The van der Waals surface area contributed by atoms with Gasteiger partial charge in [0.15, 0.2) is 0 Å². The molecule has 1 heterocycles. The summed E-state index contributed by atoms with van der Waals surface area (Å²) in [5, 5.41) is 1.50. The highest BCUT2D eigenvalue weighted by atomic mass is 28.3. The van der Waals surface area contributed by atoms with Gasteiger partial charge >= 0.3 is 0 Å². The Kier molecular flexibility index (Phi) is 4.18. The third kappa shape index (κ3) is 3.59. The molecule has 0 amide bonds. The number of pyridine rings is 1. The van der Waals surface area contributed by atoms with E-state index in [0.717, 1.165) is 5.69 Å². The van der Waals surface area contributed by atoms with E-state index < -0.39 is 8.07 Å². The van der Waals surface area contributed by atoms with Crippen molar-refractivity contribution >= 4 is 13.3 Å². The van der Waals surface area contributed by atoms with Crippen molar-refractivity contribution in [1.82, 2.24) is 4.98 Å². The van der Waals surface area contributed by atoms with Gasteiger partial charge in [0.05, 0.1) is 13.8 Å². The van der Waals surface area contributed by atoms with E-state index >= 15 is 0 Å². The van der Waals surface area contributed by atoms with E-state index in [1.54, 1.807) is 0 Å². The predicted octanol–water partition coefficient (Wildman–Crippen LogP) is 5.27. The quantitative estimate of drug-likeness (QED) is 0.600. The molecule has 0 saturated carbocycles. The van der Waals surface area contributed by atoms with Gasteiger partial charge in [0.25, 0.3) is 0 Å². The van der Waals surface area contributed by atoms with Crippen LogP contribution < -0.4 is 5.19 Å². The van der Waals surface area contributed by atoms with Gasteiger partial charge < -0.3 is 0 Å². The molecule has 1 aromatic heterocycles. The zero-order valence-electron chi connectivity index (χ0n) is 14.3. The molecule has 116 valence electrons. The molecule has 1 nitrogen and oxygen atoms in total. The van der Waals surface area contributed by atoms with E-state index in [4.69, 9.17) is 0 Å². The molecule has 2 aromatic carbocycles. The number of hydrogen-bond donors (Lipinski definition) is 0. The minimum absolute atomic E-state index is 1.03. The summed E-state index contributed by atoms with van der Waals surface area (Å²) in [5.41, 5.74) is 6.00. The van der Waals surface area contributed by atoms with Crippen LogP contribution in [0.4, 0.5) is 0 Å². The van der Waals surface area contributed by atoms with Crippen molar-refractivity contribution in [2.24, 2.45) is 0 Å². The normalized spacial score (nSPS) is 11.5. The summed E-state index contributed by atoms with van der Waals surface area (Å²) in [6, 6.07) is 21.9. The molecule has 0 fully saturated rings. The topological polar surface area (TPSA) is 12.9 Å². The highest BCUT2D eigenvalue weighted by molar-refractivity contribution is 6.88. The Labute approximate surface area is 140 Å². The first-order valence-corrected chi connectivity index (χ1v) is 11.6. The van der Waals surface area contributed by atoms with E-state index in [1.807, 2.05) is 12.3 Å². The fourth-order valence-electron chi connectivity index (χ4n) is 2.69. The molecule has 0 saturated heterocycles. The molecule has 0 aliphatic rings. The second-order valence-electron chi connectivity index (χ2n) is 7.13. The molecule has 0 spiro atoms. The van der Waals surface area contributed by atoms with Crippen molar-refractivity contribution in [3.8, 4) is 22.4 Å². The van der Waals surface area contributed by atoms with Crippen molar-refractivity contribution in [1.29, 1.82) is 0 Å². The Hall–Kier alpha value is -2.19. The molecule has 0 unspecified atom stereocenters. The second kappa shape index (κ2) is 6.13. The van der Waals surface area contributed by atoms with Crippen LogP contribution in [0.1, 0.15) is 5.56 Å². The Balaban J connectivity index is 1.94. The lowest BCUT2D eigenvalue weighted by molar-refractivity contribution is 1.29. The van der Waals surface area contributed by atoms with Gasteiger partial charge in [-0.2, -0.15) is 0 Å². The summed E-state index contributed by atoms with van der Waals surface area (Å²) in [6.07, 6.45) is 1.87. The maximum Gasteiger partial charge on any atom is 0.0776 e. The highest BCUT2D eigenvalue weighted by Gasteiger charge is 2.16. The largest absolute Gasteiger partial charge is 0.256 e. The van der Waals surface area contributed by atoms with E-state index in [2.05, 4.69) is 86.1 Å². The van der Waals surface area contributed by atoms with Gasteiger partial charge in [0, 0.05) is 11.8 Å². The lowest BCUT2D eigenvalue weighted by Crippen LogP contribution is -2.37. The molecule has 0 aliphatic carbocycles. The van der Waals surface area contributed by atoms with Crippen molar-refractivity contribution in [3.63, 3.8) is 0 Å². The first-order valence-electron chi connectivity index (χ1n) is 8.07. The lowest BCUT2D eigenvalue weighted by Gasteiger charge is -2.17. The maximum absolute atomic E-state index is 4.46. The molecule has 23 heavy (non-hydrogen) atoms. The standard InChI is InChI=1S/C21H23NSi/c1-16-12-13-22-21(14-16)18-10-8-17(9-11-18)19-6-5-7-20(15-19)23(2,3)4/h5-15H,1-4H3. The van der Waals surface area contributed by atoms with Gasteiger partial charge in [-0.05, 0) is 35.7 Å². The molecule has 2 heteroatoms. The number of aryl methyl sites for hydroxylation is 1. The van der Waals surface area contributed by atoms with E-state index in [1.165, 1.54) is 27.4 Å².